The van der Waals surface area contributed by atoms with Crippen LogP contribution < -0.4 is 5.32 Å². The standard InChI is InChI=1S/C13H19ClFN/c1-9(2)6-10(3)16-8-11-4-5-13(15)12(14)7-11/h4-5,7,9-10,16H,6,8H2,1-3H3. The van der Waals surface area contributed by atoms with Crippen molar-refractivity contribution in [1.82, 2.24) is 5.32 Å². The zero-order valence-electron chi connectivity index (χ0n) is 10.1. The molecule has 0 spiro atoms. The quantitative estimate of drug-likeness (QED) is 0.824. The van der Waals surface area contributed by atoms with Gasteiger partial charge >= 0.3 is 0 Å². The lowest BCUT2D eigenvalue weighted by molar-refractivity contribution is 0.441. The van der Waals surface area contributed by atoms with Gasteiger partial charge < -0.3 is 5.32 Å². The van der Waals surface area contributed by atoms with Crippen LogP contribution in [0.25, 0.3) is 0 Å². The highest BCUT2D eigenvalue weighted by atomic mass is 35.5. The molecule has 0 saturated carbocycles. The summed E-state index contributed by atoms with van der Waals surface area (Å²) in [7, 11) is 0. The molecule has 1 atom stereocenters. The monoisotopic (exact) mass is 243 g/mol. The predicted octanol–water partition coefficient (Wildman–Crippen LogP) is 4.00. The third-order valence-electron chi connectivity index (χ3n) is 2.46. The average Bonchev–Trinajstić information content (AvgIpc) is 2.19. The summed E-state index contributed by atoms with van der Waals surface area (Å²) in [5.41, 5.74) is 1.02. The molecular formula is C13H19ClFN. The van der Waals surface area contributed by atoms with Crippen molar-refractivity contribution >= 4 is 11.6 Å². The molecule has 1 nitrogen and oxygen atoms in total. The van der Waals surface area contributed by atoms with Gasteiger partial charge in [0.2, 0.25) is 0 Å². The maximum Gasteiger partial charge on any atom is 0.141 e. The van der Waals surface area contributed by atoms with E-state index in [2.05, 4.69) is 26.1 Å². The van der Waals surface area contributed by atoms with Gasteiger partial charge in [-0.3, -0.25) is 0 Å². The minimum atomic E-state index is -0.361. The molecule has 1 aromatic rings. The van der Waals surface area contributed by atoms with Gasteiger partial charge in [0.15, 0.2) is 0 Å². The van der Waals surface area contributed by atoms with Crippen LogP contribution in [0.2, 0.25) is 5.02 Å². The topological polar surface area (TPSA) is 12.0 Å². The molecule has 0 radical (unpaired) electrons. The lowest BCUT2D eigenvalue weighted by Crippen LogP contribution is -2.26. The molecular weight excluding hydrogens is 225 g/mol. The first-order valence-corrected chi connectivity index (χ1v) is 6.04. The van der Waals surface area contributed by atoms with Crippen LogP contribution in [0, 0.1) is 11.7 Å². The summed E-state index contributed by atoms with van der Waals surface area (Å²) in [6.45, 7) is 7.29. The molecule has 0 aliphatic heterocycles. The zero-order valence-corrected chi connectivity index (χ0v) is 10.8. The number of rotatable bonds is 5. The maximum atomic E-state index is 12.9. The Balaban J connectivity index is 2.45. The molecule has 0 aliphatic carbocycles. The summed E-state index contributed by atoms with van der Waals surface area (Å²) in [4.78, 5) is 0. The Bertz CT molecular complexity index is 339. The molecule has 0 amide bonds. The summed E-state index contributed by atoms with van der Waals surface area (Å²) >= 11 is 5.71. The molecule has 90 valence electrons. The SMILES string of the molecule is CC(C)CC(C)NCc1ccc(F)c(Cl)c1. The highest BCUT2D eigenvalue weighted by Gasteiger charge is 2.05. The third kappa shape index (κ3) is 4.50. The molecule has 3 heteroatoms. The lowest BCUT2D eigenvalue weighted by atomic mass is 10.1. The fourth-order valence-electron chi connectivity index (χ4n) is 1.73. The predicted molar refractivity (Wildman–Crippen MR) is 67.2 cm³/mol. The highest BCUT2D eigenvalue weighted by molar-refractivity contribution is 6.30. The highest BCUT2D eigenvalue weighted by Crippen LogP contribution is 2.16. The van der Waals surface area contributed by atoms with Crippen molar-refractivity contribution in [3.63, 3.8) is 0 Å². The van der Waals surface area contributed by atoms with Crippen molar-refractivity contribution in [3.05, 3.63) is 34.6 Å². The number of halogens is 2. The Labute approximate surface area is 102 Å². The van der Waals surface area contributed by atoms with Crippen molar-refractivity contribution in [2.45, 2.75) is 39.8 Å². The van der Waals surface area contributed by atoms with Gasteiger partial charge in [0.05, 0.1) is 5.02 Å². The van der Waals surface area contributed by atoms with Crippen LogP contribution in [0.1, 0.15) is 32.8 Å². The van der Waals surface area contributed by atoms with E-state index in [-0.39, 0.29) is 10.8 Å². The summed E-state index contributed by atoms with van der Waals surface area (Å²) < 4.78 is 12.9. The Morgan fingerprint density at radius 3 is 2.56 bits per heavy atom. The fraction of sp³-hybridized carbons (Fsp3) is 0.538. The molecule has 1 unspecified atom stereocenters. The lowest BCUT2D eigenvalue weighted by Gasteiger charge is -2.16. The van der Waals surface area contributed by atoms with Crippen LogP contribution in [0.3, 0.4) is 0 Å². The van der Waals surface area contributed by atoms with Gasteiger partial charge in [0.25, 0.3) is 0 Å². The summed E-state index contributed by atoms with van der Waals surface area (Å²) in [5.74, 6) is 0.319. The number of nitrogens with one attached hydrogen (secondary N) is 1. The Kier molecular flexibility index (Phi) is 5.23. The van der Waals surface area contributed by atoms with Gasteiger partial charge in [0.1, 0.15) is 5.82 Å². The Morgan fingerprint density at radius 2 is 2.00 bits per heavy atom. The first-order valence-electron chi connectivity index (χ1n) is 5.66. The van der Waals surface area contributed by atoms with Gasteiger partial charge in [0, 0.05) is 12.6 Å². The van der Waals surface area contributed by atoms with Gasteiger partial charge in [-0.2, -0.15) is 0 Å². The fourth-order valence-corrected chi connectivity index (χ4v) is 1.94. The van der Waals surface area contributed by atoms with Gasteiger partial charge in [-0.05, 0) is 37.0 Å². The molecule has 1 N–H and O–H groups in total. The molecule has 0 saturated heterocycles. The van der Waals surface area contributed by atoms with E-state index in [1.165, 1.54) is 6.07 Å². The van der Waals surface area contributed by atoms with E-state index < -0.39 is 0 Å². The van der Waals surface area contributed by atoms with Gasteiger partial charge in [-0.15, -0.1) is 0 Å². The molecule has 1 aromatic carbocycles. The van der Waals surface area contributed by atoms with Crippen LogP contribution in [-0.4, -0.2) is 6.04 Å². The van der Waals surface area contributed by atoms with Crippen LogP contribution in [0.4, 0.5) is 4.39 Å². The van der Waals surface area contributed by atoms with E-state index in [1.54, 1.807) is 12.1 Å². The third-order valence-corrected chi connectivity index (χ3v) is 2.75. The molecule has 0 bridgehead atoms. The van der Waals surface area contributed by atoms with Crippen LogP contribution in [0.15, 0.2) is 18.2 Å². The number of hydrogen-bond donors (Lipinski definition) is 1. The van der Waals surface area contributed by atoms with Crippen molar-refractivity contribution in [1.29, 1.82) is 0 Å². The largest absolute Gasteiger partial charge is 0.310 e. The average molecular weight is 244 g/mol. The zero-order chi connectivity index (χ0) is 12.1. The summed E-state index contributed by atoms with van der Waals surface area (Å²) in [6, 6.07) is 5.30. The Hall–Kier alpha value is -0.600. The van der Waals surface area contributed by atoms with Crippen molar-refractivity contribution in [2.24, 2.45) is 5.92 Å². The van der Waals surface area contributed by atoms with E-state index in [0.29, 0.717) is 12.0 Å². The summed E-state index contributed by atoms with van der Waals surface area (Å²) in [5, 5.41) is 3.59. The second-order valence-corrected chi connectivity index (χ2v) is 5.07. The van der Waals surface area contributed by atoms with Gasteiger partial charge in [-0.25, -0.2) is 4.39 Å². The molecule has 0 aliphatic rings. The second-order valence-electron chi connectivity index (χ2n) is 4.66. The number of hydrogen-bond acceptors (Lipinski definition) is 1. The van der Waals surface area contributed by atoms with E-state index in [1.807, 2.05) is 0 Å². The minimum Gasteiger partial charge on any atom is -0.310 e. The van der Waals surface area contributed by atoms with Crippen molar-refractivity contribution in [3.8, 4) is 0 Å². The first kappa shape index (κ1) is 13.5. The van der Waals surface area contributed by atoms with Crippen molar-refractivity contribution in [2.75, 3.05) is 0 Å². The van der Waals surface area contributed by atoms with Crippen molar-refractivity contribution < 1.29 is 4.39 Å². The molecule has 0 aromatic heterocycles. The van der Waals surface area contributed by atoms with E-state index >= 15 is 0 Å². The van der Waals surface area contributed by atoms with Crippen LogP contribution in [-0.2, 0) is 6.54 Å². The van der Waals surface area contributed by atoms with E-state index in [9.17, 15) is 4.39 Å². The van der Waals surface area contributed by atoms with E-state index in [4.69, 9.17) is 11.6 Å². The normalized spacial score (nSPS) is 13.1. The minimum absolute atomic E-state index is 0.191. The first-order chi connectivity index (χ1) is 7.49. The maximum absolute atomic E-state index is 12.9. The van der Waals surface area contributed by atoms with Gasteiger partial charge in [-0.1, -0.05) is 31.5 Å². The molecule has 1 rings (SSSR count). The Morgan fingerprint density at radius 1 is 1.31 bits per heavy atom. The molecule has 0 heterocycles. The van der Waals surface area contributed by atoms with Crippen LogP contribution in [0.5, 0.6) is 0 Å². The van der Waals surface area contributed by atoms with Crippen LogP contribution >= 0.6 is 11.6 Å². The number of benzene rings is 1. The molecule has 16 heavy (non-hydrogen) atoms. The second kappa shape index (κ2) is 6.21. The molecule has 0 fully saturated rings. The van der Waals surface area contributed by atoms with E-state index in [0.717, 1.165) is 18.5 Å². The smallest absolute Gasteiger partial charge is 0.141 e. The summed E-state index contributed by atoms with van der Waals surface area (Å²) in [6.07, 6.45) is 1.13.